The Morgan fingerprint density at radius 2 is 2.10 bits per heavy atom. The number of nitrogens with one attached hydrogen (secondary N) is 1. The summed E-state index contributed by atoms with van der Waals surface area (Å²) in [6.45, 7) is 2.85. The lowest BCUT2D eigenvalue weighted by atomic mass is 10.1. The molecule has 5 heteroatoms. The molecule has 2 atom stereocenters. The summed E-state index contributed by atoms with van der Waals surface area (Å²) in [6, 6.07) is 9.23. The number of hydrogen-bond acceptors (Lipinski definition) is 4. The second kappa shape index (κ2) is 7.05. The number of rotatable bonds is 6. The second-order valence-electron chi connectivity index (χ2n) is 4.75. The van der Waals surface area contributed by atoms with Crippen molar-refractivity contribution >= 4 is 11.9 Å². The van der Waals surface area contributed by atoms with E-state index >= 15 is 0 Å². The molecular formula is C15H19NO4. The summed E-state index contributed by atoms with van der Waals surface area (Å²) in [5.41, 5.74) is 1.06. The van der Waals surface area contributed by atoms with Crippen LogP contribution in [-0.4, -0.2) is 31.1 Å². The highest BCUT2D eigenvalue weighted by atomic mass is 16.5. The van der Waals surface area contributed by atoms with Gasteiger partial charge in [-0.05, 0) is 18.9 Å². The van der Waals surface area contributed by atoms with Crippen molar-refractivity contribution in [1.82, 2.24) is 5.32 Å². The van der Waals surface area contributed by atoms with Crippen LogP contribution >= 0.6 is 0 Å². The number of esters is 1. The van der Waals surface area contributed by atoms with Crippen molar-refractivity contribution in [3.8, 4) is 0 Å². The zero-order valence-corrected chi connectivity index (χ0v) is 11.5. The van der Waals surface area contributed by atoms with Gasteiger partial charge >= 0.3 is 5.97 Å². The van der Waals surface area contributed by atoms with E-state index in [1.807, 2.05) is 30.3 Å². The molecule has 0 saturated carbocycles. The highest BCUT2D eigenvalue weighted by Crippen LogP contribution is 2.17. The van der Waals surface area contributed by atoms with E-state index < -0.39 is 6.04 Å². The van der Waals surface area contributed by atoms with Crippen LogP contribution in [0.25, 0.3) is 0 Å². The van der Waals surface area contributed by atoms with Gasteiger partial charge in [0.05, 0.1) is 25.7 Å². The van der Waals surface area contributed by atoms with Crippen LogP contribution in [0.4, 0.5) is 0 Å². The zero-order chi connectivity index (χ0) is 14.4. The predicted octanol–water partition coefficient (Wildman–Crippen LogP) is 1.27. The molecule has 1 amide bonds. The van der Waals surface area contributed by atoms with Crippen LogP contribution in [0, 0.1) is 5.92 Å². The fraction of sp³-hybridized carbons (Fsp3) is 0.467. The molecule has 1 N–H and O–H groups in total. The molecule has 0 aromatic heterocycles. The first-order chi connectivity index (χ1) is 9.70. The van der Waals surface area contributed by atoms with E-state index in [1.54, 1.807) is 6.92 Å². The molecule has 0 aliphatic carbocycles. The van der Waals surface area contributed by atoms with Crippen LogP contribution in [-0.2, 0) is 25.7 Å². The summed E-state index contributed by atoms with van der Waals surface area (Å²) in [5.74, 6) is -0.796. The SMILES string of the molecule is CCOC(=O)[C@@H]1C[C@H](COCc2ccccc2)C(=O)N1. The number of amides is 1. The second-order valence-corrected chi connectivity index (χ2v) is 4.75. The smallest absolute Gasteiger partial charge is 0.328 e. The van der Waals surface area contributed by atoms with Gasteiger partial charge < -0.3 is 14.8 Å². The minimum atomic E-state index is -0.534. The Morgan fingerprint density at radius 1 is 1.35 bits per heavy atom. The maximum Gasteiger partial charge on any atom is 0.328 e. The number of carbonyl (C=O) groups is 2. The number of carbonyl (C=O) groups excluding carboxylic acids is 2. The van der Waals surface area contributed by atoms with Crippen molar-refractivity contribution in [3.05, 3.63) is 35.9 Å². The van der Waals surface area contributed by atoms with Gasteiger partial charge in [-0.15, -0.1) is 0 Å². The standard InChI is InChI=1S/C15H19NO4/c1-2-20-15(18)13-8-12(14(17)16-13)10-19-9-11-6-4-3-5-7-11/h3-7,12-13H,2,8-10H2,1H3,(H,16,17)/t12-,13+/m1/s1. The van der Waals surface area contributed by atoms with Gasteiger partial charge in [0.1, 0.15) is 6.04 Å². The largest absolute Gasteiger partial charge is 0.464 e. The van der Waals surface area contributed by atoms with Gasteiger partial charge in [-0.2, -0.15) is 0 Å². The third-order valence-corrected chi connectivity index (χ3v) is 3.21. The molecule has 1 heterocycles. The van der Waals surface area contributed by atoms with Crippen molar-refractivity contribution in [1.29, 1.82) is 0 Å². The molecule has 0 unspecified atom stereocenters. The minimum absolute atomic E-state index is 0.142. The fourth-order valence-electron chi connectivity index (χ4n) is 2.18. The average molecular weight is 277 g/mol. The van der Waals surface area contributed by atoms with Crippen LogP contribution in [0.15, 0.2) is 30.3 Å². The van der Waals surface area contributed by atoms with E-state index in [9.17, 15) is 9.59 Å². The zero-order valence-electron chi connectivity index (χ0n) is 11.5. The highest BCUT2D eigenvalue weighted by Gasteiger charge is 2.36. The van der Waals surface area contributed by atoms with E-state index in [0.29, 0.717) is 26.2 Å². The van der Waals surface area contributed by atoms with Crippen molar-refractivity contribution in [2.45, 2.75) is 26.0 Å². The fourth-order valence-corrected chi connectivity index (χ4v) is 2.18. The summed E-state index contributed by atoms with van der Waals surface area (Å²) in [6.07, 6.45) is 0.437. The topological polar surface area (TPSA) is 64.6 Å². The van der Waals surface area contributed by atoms with Crippen LogP contribution in [0.3, 0.4) is 0 Å². The molecule has 0 radical (unpaired) electrons. The van der Waals surface area contributed by atoms with Gasteiger partial charge in [-0.3, -0.25) is 4.79 Å². The molecule has 108 valence electrons. The lowest BCUT2D eigenvalue weighted by molar-refractivity contribution is -0.145. The van der Waals surface area contributed by atoms with E-state index in [-0.39, 0.29) is 17.8 Å². The number of hydrogen-bond donors (Lipinski definition) is 1. The Morgan fingerprint density at radius 3 is 2.80 bits per heavy atom. The first kappa shape index (κ1) is 14.5. The maximum atomic E-state index is 11.7. The minimum Gasteiger partial charge on any atom is -0.464 e. The van der Waals surface area contributed by atoms with Crippen molar-refractivity contribution in [2.75, 3.05) is 13.2 Å². The van der Waals surface area contributed by atoms with Gasteiger partial charge in [0, 0.05) is 0 Å². The van der Waals surface area contributed by atoms with Gasteiger partial charge in [0.2, 0.25) is 5.91 Å². The normalized spacial score (nSPS) is 21.6. The summed E-state index contributed by atoms with van der Waals surface area (Å²) in [7, 11) is 0. The molecule has 1 aromatic carbocycles. The lowest BCUT2D eigenvalue weighted by Crippen LogP contribution is -2.34. The molecule has 2 rings (SSSR count). The van der Waals surface area contributed by atoms with E-state index in [2.05, 4.69) is 5.32 Å². The molecule has 1 saturated heterocycles. The molecular weight excluding hydrogens is 258 g/mol. The van der Waals surface area contributed by atoms with Gasteiger partial charge in [0.15, 0.2) is 0 Å². The monoisotopic (exact) mass is 277 g/mol. The number of benzene rings is 1. The van der Waals surface area contributed by atoms with Gasteiger partial charge in [-0.25, -0.2) is 4.79 Å². The van der Waals surface area contributed by atoms with Crippen molar-refractivity contribution in [3.63, 3.8) is 0 Å². The third-order valence-electron chi connectivity index (χ3n) is 3.21. The Labute approximate surface area is 118 Å². The Hall–Kier alpha value is -1.88. The molecule has 0 spiro atoms. The highest BCUT2D eigenvalue weighted by molar-refractivity contribution is 5.89. The molecule has 5 nitrogen and oxygen atoms in total. The quantitative estimate of drug-likeness (QED) is 0.795. The molecule has 1 aliphatic heterocycles. The summed E-state index contributed by atoms with van der Waals surface area (Å²) >= 11 is 0. The predicted molar refractivity (Wildman–Crippen MR) is 72.8 cm³/mol. The van der Waals surface area contributed by atoms with Crippen LogP contribution < -0.4 is 5.32 Å². The Balaban J connectivity index is 1.76. The molecule has 1 aromatic rings. The van der Waals surface area contributed by atoms with E-state index in [1.165, 1.54) is 0 Å². The first-order valence-corrected chi connectivity index (χ1v) is 6.79. The third kappa shape index (κ3) is 3.81. The summed E-state index contributed by atoms with van der Waals surface area (Å²) in [4.78, 5) is 23.3. The summed E-state index contributed by atoms with van der Waals surface area (Å²) in [5, 5.41) is 2.64. The molecule has 20 heavy (non-hydrogen) atoms. The van der Waals surface area contributed by atoms with Gasteiger partial charge in [0.25, 0.3) is 0 Å². The first-order valence-electron chi connectivity index (χ1n) is 6.79. The molecule has 1 aliphatic rings. The van der Waals surface area contributed by atoms with E-state index in [4.69, 9.17) is 9.47 Å². The maximum absolute atomic E-state index is 11.7. The van der Waals surface area contributed by atoms with Crippen LogP contribution in [0.1, 0.15) is 18.9 Å². The molecule has 0 bridgehead atoms. The summed E-state index contributed by atoms with van der Waals surface area (Å²) < 4.78 is 10.5. The van der Waals surface area contributed by atoms with Crippen LogP contribution in [0.5, 0.6) is 0 Å². The van der Waals surface area contributed by atoms with Crippen LogP contribution in [0.2, 0.25) is 0 Å². The number of ether oxygens (including phenoxy) is 2. The Kier molecular flexibility index (Phi) is 5.12. The van der Waals surface area contributed by atoms with Crippen molar-refractivity contribution in [2.24, 2.45) is 5.92 Å². The van der Waals surface area contributed by atoms with Crippen molar-refractivity contribution < 1.29 is 19.1 Å². The van der Waals surface area contributed by atoms with Gasteiger partial charge in [-0.1, -0.05) is 30.3 Å². The van der Waals surface area contributed by atoms with E-state index in [0.717, 1.165) is 5.56 Å². The lowest BCUT2D eigenvalue weighted by Gasteiger charge is -2.09. The molecule has 1 fully saturated rings. The Bertz CT molecular complexity index is 460. The average Bonchev–Trinajstić information content (AvgIpc) is 2.82.